The number of carbonyl (C=O) groups is 1. The predicted octanol–water partition coefficient (Wildman–Crippen LogP) is 3.06. The van der Waals surface area contributed by atoms with Gasteiger partial charge in [0.1, 0.15) is 5.75 Å². The summed E-state index contributed by atoms with van der Waals surface area (Å²) >= 11 is 6.12. The van der Waals surface area contributed by atoms with Crippen LogP contribution in [0.3, 0.4) is 0 Å². The standard InChI is InChI=1S/C16H24ClNO3/c1-11(2)13(16(18)19)9-12-5-6-14(17)15(10-12)21-8-4-7-20-3/h5-6,10-11,13H,4,7-9H2,1-3H3,(H2,18,19). The summed E-state index contributed by atoms with van der Waals surface area (Å²) in [6.45, 7) is 5.18. The lowest BCUT2D eigenvalue weighted by Crippen LogP contribution is -2.29. The van der Waals surface area contributed by atoms with Gasteiger partial charge < -0.3 is 15.2 Å². The van der Waals surface area contributed by atoms with E-state index in [9.17, 15) is 4.79 Å². The number of carbonyl (C=O) groups excluding carboxylic acids is 1. The number of amides is 1. The van der Waals surface area contributed by atoms with Crippen LogP contribution in [0.25, 0.3) is 0 Å². The minimum absolute atomic E-state index is 0.187. The molecule has 0 saturated heterocycles. The van der Waals surface area contributed by atoms with Gasteiger partial charge in [-0.15, -0.1) is 0 Å². The predicted molar refractivity (Wildman–Crippen MR) is 84.7 cm³/mol. The Morgan fingerprint density at radius 1 is 1.33 bits per heavy atom. The molecule has 0 radical (unpaired) electrons. The second-order valence-corrected chi connectivity index (χ2v) is 5.82. The van der Waals surface area contributed by atoms with Crippen molar-refractivity contribution < 1.29 is 14.3 Å². The van der Waals surface area contributed by atoms with E-state index in [2.05, 4.69) is 0 Å². The fraction of sp³-hybridized carbons (Fsp3) is 0.562. The first kappa shape index (κ1) is 17.8. The Bertz CT molecular complexity index is 463. The Hall–Kier alpha value is -1.26. The molecule has 1 atom stereocenters. The molecule has 1 aromatic rings. The van der Waals surface area contributed by atoms with Crippen molar-refractivity contribution in [2.75, 3.05) is 20.3 Å². The van der Waals surface area contributed by atoms with Gasteiger partial charge in [0, 0.05) is 26.1 Å². The van der Waals surface area contributed by atoms with E-state index < -0.39 is 0 Å². The van der Waals surface area contributed by atoms with Gasteiger partial charge in [-0.2, -0.15) is 0 Å². The maximum absolute atomic E-state index is 11.5. The molecular formula is C16H24ClNO3. The highest BCUT2D eigenvalue weighted by molar-refractivity contribution is 6.32. The summed E-state index contributed by atoms with van der Waals surface area (Å²) in [4.78, 5) is 11.5. The molecule has 0 spiro atoms. The van der Waals surface area contributed by atoms with Crippen molar-refractivity contribution in [2.24, 2.45) is 17.6 Å². The number of benzene rings is 1. The molecular weight excluding hydrogens is 290 g/mol. The molecule has 1 aromatic carbocycles. The quantitative estimate of drug-likeness (QED) is 0.713. The second kappa shape index (κ2) is 8.90. The molecule has 118 valence electrons. The maximum Gasteiger partial charge on any atom is 0.221 e. The lowest BCUT2D eigenvalue weighted by atomic mass is 9.88. The van der Waals surface area contributed by atoms with Crippen LogP contribution in [0.5, 0.6) is 5.75 Å². The average molecular weight is 314 g/mol. The second-order valence-electron chi connectivity index (χ2n) is 5.42. The Morgan fingerprint density at radius 3 is 2.62 bits per heavy atom. The minimum atomic E-state index is -0.275. The normalized spacial score (nSPS) is 12.4. The molecule has 0 aliphatic heterocycles. The molecule has 0 aliphatic rings. The van der Waals surface area contributed by atoms with Gasteiger partial charge in [-0.1, -0.05) is 31.5 Å². The number of hydrogen-bond acceptors (Lipinski definition) is 3. The van der Waals surface area contributed by atoms with Crippen molar-refractivity contribution in [3.8, 4) is 5.75 Å². The Labute approximate surface area is 131 Å². The zero-order valence-corrected chi connectivity index (χ0v) is 13.7. The van der Waals surface area contributed by atoms with Crippen LogP contribution in [0, 0.1) is 11.8 Å². The lowest BCUT2D eigenvalue weighted by Gasteiger charge is -2.18. The summed E-state index contributed by atoms with van der Waals surface area (Å²) in [5.74, 6) is 0.372. The minimum Gasteiger partial charge on any atom is -0.492 e. The number of nitrogens with two attached hydrogens (primary N) is 1. The van der Waals surface area contributed by atoms with Crippen molar-refractivity contribution in [1.29, 1.82) is 0 Å². The zero-order chi connectivity index (χ0) is 15.8. The molecule has 2 N–H and O–H groups in total. The lowest BCUT2D eigenvalue weighted by molar-refractivity contribution is -0.123. The van der Waals surface area contributed by atoms with Crippen LogP contribution in [-0.4, -0.2) is 26.2 Å². The number of methoxy groups -OCH3 is 1. The van der Waals surface area contributed by atoms with Crippen LogP contribution >= 0.6 is 11.6 Å². The van der Waals surface area contributed by atoms with E-state index in [1.54, 1.807) is 13.2 Å². The topological polar surface area (TPSA) is 61.6 Å². The van der Waals surface area contributed by atoms with Gasteiger partial charge in [0.2, 0.25) is 5.91 Å². The summed E-state index contributed by atoms with van der Waals surface area (Å²) in [5, 5.41) is 0.566. The summed E-state index contributed by atoms with van der Waals surface area (Å²) in [6.07, 6.45) is 1.39. The Kier molecular flexibility index (Phi) is 7.54. The van der Waals surface area contributed by atoms with E-state index in [4.69, 9.17) is 26.8 Å². The van der Waals surface area contributed by atoms with E-state index >= 15 is 0 Å². The third-order valence-electron chi connectivity index (χ3n) is 3.37. The molecule has 0 aromatic heterocycles. The molecule has 1 amide bonds. The maximum atomic E-state index is 11.5. The number of rotatable bonds is 9. The van der Waals surface area contributed by atoms with Gasteiger partial charge in [-0.3, -0.25) is 4.79 Å². The van der Waals surface area contributed by atoms with Crippen molar-refractivity contribution in [2.45, 2.75) is 26.7 Å². The molecule has 5 heteroatoms. The van der Waals surface area contributed by atoms with Crippen LogP contribution in [0.15, 0.2) is 18.2 Å². The first-order valence-electron chi connectivity index (χ1n) is 7.15. The molecule has 0 bridgehead atoms. The van der Waals surface area contributed by atoms with Gasteiger partial charge in [-0.25, -0.2) is 0 Å². The largest absolute Gasteiger partial charge is 0.492 e. The van der Waals surface area contributed by atoms with E-state index in [1.165, 1.54) is 0 Å². The zero-order valence-electron chi connectivity index (χ0n) is 12.9. The van der Waals surface area contributed by atoms with Crippen molar-refractivity contribution in [3.63, 3.8) is 0 Å². The van der Waals surface area contributed by atoms with Gasteiger partial charge in [-0.05, 0) is 30.0 Å². The molecule has 4 nitrogen and oxygen atoms in total. The van der Waals surface area contributed by atoms with Crippen molar-refractivity contribution in [1.82, 2.24) is 0 Å². The van der Waals surface area contributed by atoms with Gasteiger partial charge in [0.25, 0.3) is 0 Å². The number of primary amides is 1. The molecule has 1 rings (SSSR count). The van der Waals surface area contributed by atoms with Crippen LogP contribution in [0.1, 0.15) is 25.8 Å². The van der Waals surface area contributed by atoms with Crippen molar-refractivity contribution >= 4 is 17.5 Å². The molecule has 0 fully saturated rings. The smallest absolute Gasteiger partial charge is 0.221 e. The monoisotopic (exact) mass is 313 g/mol. The van der Waals surface area contributed by atoms with E-state index in [0.717, 1.165) is 12.0 Å². The average Bonchev–Trinajstić information content (AvgIpc) is 2.43. The molecule has 21 heavy (non-hydrogen) atoms. The Balaban J connectivity index is 2.73. The van der Waals surface area contributed by atoms with Gasteiger partial charge in [0.05, 0.1) is 11.6 Å². The SMILES string of the molecule is COCCCOc1cc(CC(C(N)=O)C(C)C)ccc1Cl. The first-order chi connectivity index (χ1) is 9.95. The van der Waals surface area contributed by atoms with Crippen LogP contribution < -0.4 is 10.5 Å². The van der Waals surface area contributed by atoms with Crippen LogP contribution in [0.2, 0.25) is 5.02 Å². The number of hydrogen-bond donors (Lipinski definition) is 1. The van der Waals surface area contributed by atoms with Crippen molar-refractivity contribution in [3.05, 3.63) is 28.8 Å². The summed E-state index contributed by atoms with van der Waals surface area (Å²) in [7, 11) is 1.66. The fourth-order valence-electron chi connectivity index (χ4n) is 2.09. The highest BCUT2D eigenvalue weighted by Crippen LogP contribution is 2.28. The van der Waals surface area contributed by atoms with E-state index in [0.29, 0.717) is 30.4 Å². The third kappa shape index (κ3) is 5.94. The van der Waals surface area contributed by atoms with E-state index in [1.807, 2.05) is 26.0 Å². The van der Waals surface area contributed by atoms with Crippen LogP contribution in [0.4, 0.5) is 0 Å². The summed E-state index contributed by atoms with van der Waals surface area (Å²) in [5.41, 5.74) is 6.46. The van der Waals surface area contributed by atoms with Gasteiger partial charge in [0.15, 0.2) is 0 Å². The highest BCUT2D eigenvalue weighted by Gasteiger charge is 2.20. The number of halogens is 1. The number of ether oxygens (including phenoxy) is 2. The fourth-order valence-corrected chi connectivity index (χ4v) is 2.26. The third-order valence-corrected chi connectivity index (χ3v) is 3.68. The Morgan fingerprint density at radius 2 is 2.05 bits per heavy atom. The molecule has 0 saturated carbocycles. The molecule has 0 heterocycles. The highest BCUT2D eigenvalue weighted by atomic mass is 35.5. The summed E-state index contributed by atoms with van der Waals surface area (Å²) < 4.78 is 10.6. The van der Waals surface area contributed by atoms with Crippen LogP contribution in [-0.2, 0) is 16.0 Å². The van der Waals surface area contributed by atoms with E-state index in [-0.39, 0.29) is 17.7 Å². The molecule has 1 unspecified atom stereocenters. The van der Waals surface area contributed by atoms with Gasteiger partial charge >= 0.3 is 0 Å². The first-order valence-corrected chi connectivity index (χ1v) is 7.53. The molecule has 0 aliphatic carbocycles. The summed E-state index contributed by atoms with van der Waals surface area (Å²) in [6, 6.07) is 5.58.